The van der Waals surface area contributed by atoms with Crippen molar-refractivity contribution in [1.82, 2.24) is 19.2 Å². The highest BCUT2D eigenvalue weighted by Gasteiger charge is 2.33. The molecule has 0 saturated heterocycles. The van der Waals surface area contributed by atoms with Gasteiger partial charge in [0.1, 0.15) is 11.6 Å². The van der Waals surface area contributed by atoms with Crippen molar-refractivity contribution in [3.8, 4) is 17.3 Å². The molecule has 32 heavy (non-hydrogen) atoms. The number of rotatable bonds is 5. The number of carbonyl (C=O) groups is 1. The third-order valence-electron chi connectivity index (χ3n) is 6.03. The highest BCUT2D eigenvalue weighted by molar-refractivity contribution is 5.81. The molecule has 0 bridgehead atoms. The van der Waals surface area contributed by atoms with Crippen LogP contribution in [-0.2, 0) is 17.9 Å². The van der Waals surface area contributed by atoms with E-state index in [1.54, 1.807) is 6.92 Å². The molecule has 0 radical (unpaired) electrons. The lowest BCUT2D eigenvalue weighted by molar-refractivity contribution is -0.138. The first kappa shape index (κ1) is 20.1. The molecular formula is C26H26N4O2. The average molecular weight is 427 g/mol. The number of hydrogen-bond acceptors (Lipinski definition) is 3. The molecule has 2 aromatic carbocycles. The van der Waals surface area contributed by atoms with Gasteiger partial charge in [0, 0.05) is 18.0 Å². The van der Waals surface area contributed by atoms with Crippen LogP contribution in [0.5, 0.6) is 5.75 Å². The SMILES string of the molecule is Cc1ccc(-n2nc3c(c2-n2cccc2)CN(C(=O)C(C)Oc2ccccc2)C3)cc1C. The van der Waals surface area contributed by atoms with Gasteiger partial charge in [-0.2, -0.15) is 5.10 Å². The van der Waals surface area contributed by atoms with E-state index in [2.05, 4.69) is 36.6 Å². The van der Waals surface area contributed by atoms with Gasteiger partial charge < -0.3 is 14.2 Å². The Labute approximate surface area is 187 Å². The molecule has 1 amide bonds. The van der Waals surface area contributed by atoms with Crippen LogP contribution in [0.2, 0.25) is 0 Å². The molecule has 0 N–H and O–H groups in total. The maximum Gasteiger partial charge on any atom is 0.264 e. The summed E-state index contributed by atoms with van der Waals surface area (Å²) < 4.78 is 9.92. The summed E-state index contributed by atoms with van der Waals surface area (Å²) in [6.07, 6.45) is 3.46. The zero-order valence-electron chi connectivity index (χ0n) is 18.5. The fourth-order valence-electron chi connectivity index (χ4n) is 4.15. The van der Waals surface area contributed by atoms with Crippen molar-refractivity contribution < 1.29 is 9.53 Å². The highest BCUT2D eigenvalue weighted by atomic mass is 16.5. The van der Waals surface area contributed by atoms with Crippen molar-refractivity contribution in [2.75, 3.05) is 0 Å². The predicted molar refractivity (Wildman–Crippen MR) is 123 cm³/mol. The second kappa shape index (κ2) is 8.04. The second-order valence-electron chi connectivity index (χ2n) is 8.29. The van der Waals surface area contributed by atoms with Gasteiger partial charge in [-0.15, -0.1) is 0 Å². The van der Waals surface area contributed by atoms with Crippen molar-refractivity contribution in [3.63, 3.8) is 0 Å². The fraction of sp³-hybridized carbons (Fsp3) is 0.231. The summed E-state index contributed by atoms with van der Waals surface area (Å²) in [5, 5.41) is 4.92. The molecular weight excluding hydrogens is 400 g/mol. The van der Waals surface area contributed by atoms with Gasteiger partial charge in [-0.25, -0.2) is 4.68 Å². The summed E-state index contributed by atoms with van der Waals surface area (Å²) >= 11 is 0. The summed E-state index contributed by atoms with van der Waals surface area (Å²) in [5.74, 6) is 1.63. The monoisotopic (exact) mass is 426 g/mol. The van der Waals surface area contributed by atoms with Gasteiger partial charge in [0.15, 0.2) is 6.10 Å². The topological polar surface area (TPSA) is 52.3 Å². The Bertz CT molecular complexity index is 1260. The van der Waals surface area contributed by atoms with Crippen molar-refractivity contribution in [3.05, 3.63) is 95.4 Å². The molecule has 3 heterocycles. The van der Waals surface area contributed by atoms with Crippen molar-refractivity contribution >= 4 is 5.91 Å². The molecule has 0 spiro atoms. The Hall–Kier alpha value is -3.80. The van der Waals surface area contributed by atoms with E-state index in [4.69, 9.17) is 9.84 Å². The lowest BCUT2D eigenvalue weighted by Gasteiger charge is -2.22. The van der Waals surface area contributed by atoms with E-state index in [9.17, 15) is 4.79 Å². The summed E-state index contributed by atoms with van der Waals surface area (Å²) in [6, 6.07) is 19.8. The molecule has 0 saturated carbocycles. The van der Waals surface area contributed by atoms with E-state index in [1.165, 1.54) is 11.1 Å². The standard InChI is InChI=1S/C26H26N4O2/c1-18-11-12-21(15-19(18)2)30-25(28-13-7-8-14-28)23-16-29(17-24(23)27-30)26(31)20(3)32-22-9-5-4-6-10-22/h4-15,20H,16-17H2,1-3H3. The number of aryl methyl sites for hydroxylation is 2. The zero-order chi connectivity index (χ0) is 22.2. The number of nitrogens with zero attached hydrogens (tertiary/aromatic N) is 4. The normalized spacial score (nSPS) is 13.8. The average Bonchev–Trinajstić information content (AvgIpc) is 3.52. The van der Waals surface area contributed by atoms with Crippen molar-refractivity contribution in [2.24, 2.45) is 0 Å². The van der Waals surface area contributed by atoms with Gasteiger partial charge >= 0.3 is 0 Å². The molecule has 6 heteroatoms. The Morgan fingerprint density at radius 3 is 2.44 bits per heavy atom. The van der Waals surface area contributed by atoms with Gasteiger partial charge in [-0.3, -0.25) is 4.79 Å². The Morgan fingerprint density at radius 2 is 1.72 bits per heavy atom. The molecule has 1 unspecified atom stereocenters. The summed E-state index contributed by atoms with van der Waals surface area (Å²) in [4.78, 5) is 14.9. The number of hydrogen-bond donors (Lipinski definition) is 0. The zero-order valence-corrected chi connectivity index (χ0v) is 18.5. The lowest BCUT2D eigenvalue weighted by atomic mass is 10.1. The maximum absolute atomic E-state index is 13.1. The largest absolute Gasteiger partial charge is 0.481 e. The van der Waals surface area contributed by atoms with Crippen molar-refractivity contribution in [1.29, 1.82) is 0 Å². The molecule has 0 fully saturated rings. The van der Waals surface area contributed by atoms with E-state index in [1.807, 2.05) is 64.4 Å². The maximum atomic E-state index is 13.1. The third-order valence-corrected chi connectivity index (χ3v) is 6.03. The molecule has 6 nitrogen and oxygen atoms in total. The molecule has 5 rings (SSSR count). The lowest BCUT2D eigenvalue weighted by Crippen LogP contribution is -2.37. The number of aromatic nitrogens is 3. The quantitative estimate of drug-likeness (QED) is 0.469. The fourth-order valence-corrected chi connectivity index (χ4v) is 4.15. The minimum absolute atomic E-state index is 0.0389. The first-order valence-electron chi connectivity index (χ1n) is 10.8. The van der Waals surface area contributed by atoms with Gasteiger partial charge in [0.2, 0.25) is 0 Å². The van der Waals surface area contributed by atoms with Crippen LogP contribution < -0.4 is 4.74 Å². The molecule has 162 valence electrons. The number of para-hydroxylation sites is 1. The Balaban J connectivity index is 1.45. The summed E-state index contributed by atoms with van der Waals surface area (Å²) in [5.41, 5.74) is 5.48. The van der Waals surface area contributed by atoms with Gasteiger partial charge in [-0.05, 0) is 68.3 Å². The predicted octanol–water partition coefficient (Wildman–Crippen LogP) is 4.59. The van der Waals surface area contributed by atoms with Crippen LogP contribution in [-0.4, -0.2) is 31.3 Å². The summed E-state index contributed by atoms with van der Waals surface area (Å²) in [6.45, 7) is 7.00. The van der Waals surface area contributed by atoms with Gasteiger partial charge in [-0.1, -0.05) is 24.3 Å². The van der Waals surface area contributed by atoms with Crippen LogP contribution in [0, 0.1) is 13.8 Å². The molecule has 0 aliphatic carbocycles. The molecule has 1 aliphatic rings. The van der Waals surface area contributed by atoms with Crippen molar-refractivity contribution in [2.45, 2.75) is 40.0 Å². The van der Waals surface area contributed by atoms with Gasteiger partial charge in [0.25, 0.3) is 5.91 Å². The van der Waals surface area contributed by atoms with Crippen LogP contribution in [0.25, 0.3) is 11.5 Å². The van der Waals surface area contributed by atoms with Crippen LogP contribution in [0.3, 0.4) is 0 Å². The first-order chi connectivity index (χ1) is 15.5. The Morgan fingerprint density at radius 1 is 0.969 bits per heavy atom. The number of benzene rings is 2. The summed E-state index contributed by atoms with van der Waals surface area (Å²) in [7, 11) is 0. The molecule has 1 atom stereocenters. The van der Waals surface area contributed by atoms with E-state index in [0.717, 1.165) is 22.8 Å². The number of carbonyl (C=O) groups excluding carboxylic acids is 1. The number of ether oxygens (including phenoxy) is 1. The first-order valence-corrected chi connectivity index (χ1v) is 10.8. The number of amides is 1. The smallest absolute Gasteiger partial charge is 0.264 e. The Kier molecular flexibility index (Phi) is 5.05. The number of fused-ring (bicyclic) bond motifs is 1. The third kappa shape index (κ3) is 3.58. The molecule has 4 aromatic rings. The van der Waals surface area contributed by atoms with E-state index in [0.29, 0.717) is 18.8 Å². The van der Waals surface area contributed by atoms with E-state index in [-0.39, 0.29) is 5.91 Å². The molecule has 2 aromatic heterocycles. The van der Waals surface area contributed by atoms with E-state index >= 15 is 0 Å². The van der Waals surface area contributed by atoms with Gasteiger partial charge in [0.05, 0.1) is 24.5 Å². The minimum Gasteiger partial charge on any atom is -0.481 e. The minimum atomic E-state index is -0.566. The highest BCUT2D eigenvalue weighted by Crippen LogP contribution is 2.31. The van der Waals surface area contributed by atoms with Crippen LogP contribution in [0.15, 0.2) is 73.1 Å². The second-order valence-corrected chi connectivity index (χ2v) is 8.29. The van der Waals surface area contributed by atoms with Crippen LogP contribution in [0.4, 0.5) is 0 Å². The van der Waals surface area contributed by atoms with Crippen LogP contribution >= 0.6 is 0 Å². The van der Waals surface area contributed by atoms with Crippen LogP contribution in [0.1, 0.15) is 29.3 Å². The van der Waals surface area contributed by atoms with E-state index < -0.39 is 6.10 Å². The molecule has 1 aliphatic heterocycles.